The number of halogens is 3. The van der Waals surface area contributed by atoms with Gasteiger partial charge in [0, 0.05) is 24.2 Å². The molecule has 1 aromatic carbocycles. The van der Waals surface area contributed by atoms with Gasteiger partial charge in [0.1, 0.15) is 10.7 Å². The number of sulfonamides is 1. The van der Waals surface area contributed by atoms with E-state index < -0.39 is 15.8 Å². The van der Waals surface area contributed by atoms with Crippen LogP contribution in [0.2, 0.25) is 5.02 Å². The van der Waals surface area contributed by atoms with E-state index in [-0.39, 0.29) is 34.3 Å². The summed E-state index contributed by atoms with van der Waals surface area (Å²) < 4.78 is 39.8. The van der Waals surface area contributed by atoms with Gasteiger partial charge in [-0.3, -0.25) is 0 Å². The van der Waals surface area contributed by atoms with Crippen LogP contribution in [0.3, 0.4) is 0 Å². The molecule has 0 aliphatic carbocycles. The van der Waals surface area contributed by atoms with E-state index in [9.17, 15) is 12.8 Å². The maximum atomic E-state index is 13.7. The van der Waals surface area contributed by atoms with Crippen LogP contribution in [-0.4, -0.2) is 31.9 Å². The van der Waals surface area contributed by atoms with E-state index in [4.69, 9.17) is 17.3 Å². The zero-order chi connectivity index (χ0) is 14.2. The van der Waals surface area contributed by atoms with Gasteiger partial charge in [0.05, 0.1) is 0 Å². The molecule has 0 spiro atoms. The molecule has 1 saturated heterocycles. The normalized spacial score (nSPS) is 24.2. The maximum absolute atomic E-state index is 13.7. The molecule has 8 heteroatoms. The van der Waals surface area contributed by atoms with E-state index in [0.29, 0.717) is 19.5 Å². The second kappa shape index (κ2) is 6.58. The average molecular weight is 343 g/mol. The van der Waals surface area contributed by atoms with Gasteiger partial charge in [-0.15, -0.1) is 12.4 Å². The third kappa shape index (κ3) is 3.43. The van der Waals surface area contributed by atoms with Crippen LogP contribution in [0.4, 0.5) is 4.39 Å². The molecule has 1 aromatic rings. The highest BCUT2D eigenvalue weighted by molar-refractivity contribution is 7.89. The van der Waals surface area contributed by atoms with Crippen molar-refractivity contribution in [1.29, 1.82) is 0 Å². The SMILES string of the molecule is CC1CN(S(=O)(=O)c2cc(Cl)ccc2F)CCC1N.Cl. The fourth-order valence-electron chi connectivity index (χ4n) is 2.16. The number of nitrogens with two attached hydrogens (primary N) is 1. The second-order valence-corrected chi connectivity index (χ2v) is 7.21. The summed E-state index contributed by atoms with van der Waals surface area (Å²) in [5.74, 6) is -0.738. The molecule has 0 radical (unpaired) electrons. The molecular weight excluding hydrogens is 326 g/mol. The smallest absolute Gasteiger partial charge is 0.246 e. The number of benzene rings is 1. The molecule has 20 heavy (non-hydrogen) atoms. The van der Waals surface area contributed by atoms with E-state index in [1.165, 1.54) is 10.4 Å². The number of hydrogen-bond acceptors (Lipinski definition) is 3. The Kier molecular flexibility index (Phi) is 5.80. The largest absolute Gasteiger partial charge is 0.327 e. The van der Waals surface area contributed by atoms with Gasteiger partial charge in [-0.2, -0.15) is 4.31 Å². The highest BCUT2D eigenvalue weighted by atomic mass is 35.5. The summed E-state index contributed by atoms with van der Waals surface area (Å²) in [4.78, 5) is -0.373. The first-order valence-corrected chi connectivity index (χ1v) is 7.85. The first-order chi connectivity index (χ1) is 8.82. The van der Waals surface area contributed by atoms with Crippen molar-refractivity contribution < 1.29 is 12.8 Å². The Hall–Kier alpha value is -0.400. The van der Waals surface area contributed by atoms with Gasteiger partial charge in [0.25, 0.3) is 0 Å². The molecule has 114 valence electrons. The van der Waals surface area contributed by atoms with E-state index in [2.05, 4.69) is 0 Å². The van der Waals surface area contributed by atoms with E-state index in [1.807, 2.05) is 6.92 Å². The van der Waals surface area contributed by atoms with Crippen molar-refractivity contribution in [1.82, 2.24) is 4.31 Å². The highest BCUT2D eigenvalue weighted by Gasteiger charge is 2.33. The summed E-state index contributed by atoms with van der Waals surface area (Å²) in [5, 5.41) is 0.196. The number of hydrogen-bond donors (Lipinski definition) is 1. The van der Waals surface area contributed by atoms with Crippen LogP contribution in [0, 0.1) is 11.7 Å². The molecule has 2 atom stereocenters. The Morgan fingerprint density at radius 1 is 1.45 bits per heavy atom. The zero-order valence-electron chi connectivity index (χ0n) is 10.9. The van der Waals surface area contributed by atoms with Crippen molar-refractivity contribution in [2.24, 2.45) is 11.7 Å². The Labute approximate surface area is 129 Å². The van der Waals surface area contributed by atoms with Gasteiger partial charge < -0.3 is 5.73 Å². The van der Waals surface area contributed by atoms with Gasteiger partial charge in [-0.1, -0.05) is 18.5 Å². The lowest BCUT2D eigenvalue weighted by molar-refractivity contribution is 0.249. The number of rotatable bonds is 2. The minimum Gasteiger partial charge on any atom is -0.327 e. The maximum Gasteiger partial charge on any atom is 0.246 e. The number of piperidine rings is 1. The molecule has 1 aliphatic rings. The molecule has 2 unspecified atom stereocenters. The summed E-state index contributed by atoms with van der Waals surface area (Å²) in [6, 6.07) is 3.51. The summed E-state index contributed by atoms with van der Waals surface area (Å²) in [7, 11) is -3.85. The van der Waals surface area contributed by atoms with Crippen LogP contribution in [0.15, 0.2) is 23.1 Å². The topological polar surface area (TPSA) is 63.4 Å². The fourth-order valence-corrected chi connectivity index (χ4v) is 4.04. The number of nitrogens with zero attached hydrogens (tertiary/aromatic N) is 1. The van der Waals surface area contributed by atoms with Gasteiger partial charge in [0.15, 0.2) is 0 Å². The highest BCUT2D eigenvalue weighted by Crippen LogP contribution is 2.26. The van der Waals surface area contributed by atoms with Crippen LogP contribution in [-0.2, 0) is 10.0 Å². The predicted molar refractivity (Wildman–Crippen MR) is 79.2 cm³/mol. The summed E-state index contributed by atoms with van der Waals surface area (Å²) in [6.45, 7) is 2.50. The zero-order valence-corrected chi connectivity index (χ0v) is 13.3. The molecule has 1 aliphatic heterocycles. The third-order valence-electron chi connectivity index (χ3n) is 3.45. The van der Waals surface area contributed by atoms with Crippen molar-refractivity contribution in [3.05, 3.63) is 29.0 Å². The Morgan fingerprint density at radius 2 is 2.10 bits per heavy atom. The molecule has 0 amide bonds. The van der Waals surface area contributed by atoms with Crippen LogP contribution in [0.1, 0.15) is 13.3 Å². The third-order valence-corrected chi connectivity index (χ3v) is 5.56. The molecular formula is C12H17Cl2FN2O2S. The van der Waals surface area contributed by atoms with Crippen LogP contribution in [0.5, 0.6) is 0 Å². The Balaban J connectivity index is 0.00000200. The first-order valence-electron chi connectivity index (χ1n) is 6.03. The van der Waals surface area contributed by atoms with Crippen LogP contribution >= 0.6 is 24.0 Å². The lowest BCUT2D eigenvalue weighted by Crippen LogP contribution is -2.48. The van der Waals surface area contributed by atoms with Crippen molar-refractivity contribution in [2.45, 2.75) is 24.3 Å². The quantitative estimate of drug-likeness (QED) is 0.896. The Bertz CT molecular complexity index is 583. The fraction of sp³-hybridized carbons (Fsp3) is 0.500. The minimum atomic E-state index is -3.85. The van der Waals surface area contributed by atoms with Crippen molar-refractivity contribution in [2.75, 3.05) is 13.1 Å². The minimum absolute atomic E-state index is 0. The lowest BCUT2D eigenvalue weighted by atomic mass is 9.96. The van der Waals surface area contributed by atoms with Crippen molar-refractivity contribution in [3.63, 3.8) is 0 Å². The van der Waals surface area contributed by atoms with Gasteiger partial charge in [-0.25, -0.2) is 12.8 Å². The second-order valence-electron chi connectivity index (χ2n) is 4.87. The standard InChI is InChI=1S/C12H16ClFN2O2S.ClH/c1-8-7-16(5-4-11(8)15)19(17,18)12-6-9(13)2-3-10(12)14;/h2-3,6,8,11H,4-5,7,15H2,1H3;1H. The van der Waals surface area contributed by atoms with Gasteiger partial charge in [-0.05, 0) is 30.5 Å². The summed E-state index contributed by atoms with van der Waals surface area (Å²) >= 11 is 5.74. The molecule has 4 nitrogen and oxygen atoms in total. The van der Waals surface area contributed by atoms with E-state index >= 15 is 0 Å². The van der Waals surface area contributed by atoms with Crippen molar-refractivity contribution in [3.8, 4) is 0 Å². The monoisotopic (exact) mass is 342 g/mol. The van der Waals surface area contributed by atoms with E-state index in [1.54, 1.807) is 0 Å². The molecule has 0 saturated carbocycles. The van der Waals surface area contributed by atoms with E-state index in [0.717, 1.165) is 12.1 Å². The molecule has 0 bridgehead atoms. The van der Waals surface area contributed by atoms with Crippen LogP contribution < -0.4 is 5.73 Å². The van der Waals surface area contributed by atoms with Crippen molar-refractivity contribution >= 4 is 34.0 Å². The lowest BCUT2D eigenvalue weighted by Gasteiger charge is -2.34. The predicted octanol–water partition coefficient (Wildman–Crippen LogP) is 2.26. The molecule has 0 aromatic heterocycles. The Morgan fingerprint density at radius 3 is 2.70 bits per heavy atom. The van der Waals surface area contributed by atoms with Crippen LogP contribution in [0.25, 0.3) is 0 Å². The molecule has 2 N–H and O–H groups in total. The summed E-state index contributed by atoms with van der Waals surface area (Å²) in [5.41, 5.74) is 5.86. The molecule has 2 rings (SSSR count). The molecule has 1 heterocycles. The van der Waals surface area contributed by atoms with Gasteiger partial charge >= 0.3 is 0 Å². The van der Waals surface area contributed by atoms with Gasteiger partial charge in [0.2, 0.25) is 10.0 Å². The molecule has 1 fully saturated rings. The summed E-state index contributed by atoms with van der Waals surface area (Å²) in [6.07, 6.45) is 0.572. The first kappa shape index (κ1) is 17.7. The average Bonchev–Trinajstić information content (AvgIpc) is 2.35.